The number of carbonyl (C=O) groups is 2. The van der Waals surface area contributed by atoms with E-state index >= 15 is 0 Å². The minimum absolute atomic E-state index is 0.214. The van der Waals surface area contributed by atoms with E-state index in [1.54, 1.807) is 54.6 Å². The van der Waals surface area contributed by atoms with E-state index in [4.69, 9.17) is 10.5 Å². The molecular formula is C20H17FN4O3. The molecule has 2 aromatic carbocycles. The van der Waals surface area contributed by atoms with Crippen molar-refractivity contribution in [2.75, 3.05) is 17.2 Å². The van der Waals surface area contributed by atoms with Crippen LogP contribution < -0.4 is 21.1 Å². The molecule has 0 aliphatic rings. The van der Waals surface area contributed by atoms with Gasteiger partial charge in [0.25, 0.3) is 11.8 Å². The number of rotatable bonds is 7. The number of hydrogen-bond donors (Lipinski definition) is 3. The van der Waals surface area contributed by atoms with Crippen molar-refractivity contribution < 1.29 is 18.7 Å². The summed E-state index contributed by atoms with van der Waals surface area (Å²) < 4.78 is 19.0. The topological polar surface area (TPSA) is 106 Å². The molecule has 0 atom stereocenters. The van der Waals surface area contributed by atoms with E-state index in [9.17, 15) is 14.0 Å². The van der Waals surface area contributed by atoms with E-state index in [2.05, 4.69) is 15.6 Å². The van der Waals surface area contributed by atoms with Crippen LogP contribution in [0.25, 0.3) is 0 Å². The summed E-state index contributed by atoms with van der Waals surface area (Å²) >= 11 is 0. The number of primary amides is 1. The van der Waals surface area contributed by atoms with Gasteiger partial charge in [0, 0.05) is 11.9 Å². The molecule has 28 heavy (non-hydrogen) atoms. The number of aromatic nitrogens is 1. The number of nitrogens with two attached hydrogens (primary N) is 1. The smallest absolute Gasteiger partial charge is 0.259 e. The Morgan fingerprint density at radius 2 is 1.79 bits per heavy atom. The fraction of sp³-hybridized carbons (Fsp3) is 0.0500. The molecule has 1 heterocycles. The minimum Gasteiger partial charge on any atom is -0.484 e. The first-order valence-electron chi connectivity index (χ1n) is 8.32. The Kier molecular flexibility index (Phi) is 5.81. The lowest BCUT2D eigenvalue weighted by Crippen LogP contribution is -2.20. The van der Waals surface area contributed by atoms with Crippen molar-refractivity contribution in [3.63, 3.8) is 0 Å². The number of carbonyl (C=O) groups excluding carboxylic acids is 2. The molecular weight excluding hydrogens is 363 g/mol. The molecule has 0 aliphatic heterocycles. The molecule has 7 nitrogen and oxygen atoms in total. The molecule has 3 aromatic rings. The predicted molar refractivity (Wildman–Crippen MR) is 103 cm³/mol. The molecule has 0 saturated carbocycles. The lowest BCUT2D eigenvalue weighted by Gasteiger charge is -2.12. The van der Waals surface area contributed by atoms with Crippen LogP contribution in [0.15, 0.2) is 66.9 Å². The first-order chi connectivity index (χ1) is 13.5. The quantitative estimate of drug-likeness (QED) is 0.584. The Hall–Kier alpha value is -3.94. The van der Waals surface area contributed by atoms with E-state index in [-0.39, 0.29) is 23.7 Å². The Morgan fingerprint density at radius 3 is 2.50 bits per heavy atom. The molecule has 1 aromatic heterocycles. The highest BCUT2D eigenvalue weighted by atomic mass is 19.1. The van der Waals surface area contributed by atoms with Crippen molar-refractivity contribution >= 4 is 29.0 Å². The van der Waals surface area contributed by atoms with Crippen LogP contribution in [0.2, 0.25) is 0 Å². The van der Waals surface area contributed by atoms with Crippen LogP contribution >= 0.6 is 0 Å². The highest BCUT2D eigenvalue weighted by molar-refractivity contribution is 6.07. The highest BCUT2D eigenvalue weighted by Crippen LogP contribution is 2.22. The highest BCUT2D eigenvalue weighted by Gasteiger charge is 2.14. The van der Waals surface area contributed by atoms with E-state index < -0.39 is 17.6 Å². The molecule has 3 rings (SSSR count). The Bertz CT molecular complexity index is 993. The largest absolute Gasteiger partial charge is 0.484 e. The zero-order valence-electron chi connectivity index (χ0n) is 14.7. The number of amides is 2. The van der Waals surface area contributed by atoms with Crippen LogP contribution in [0.1, 0.15) is 10.4 Å². The van der Waals surface area contributed by atoms with E-state index in [1.165, 1.54) is 12.3 Å². The number of anilines is 3. The van der Waals surface area contributed by atoms with Gasteiger partial charge in [-0.1, -0.05) is 12.1 Å². The van der Waals surface area contributed by atoms with E-state index in [0.717, 1.165) is 0 Å². The number of ether oxygens (including phenoxy) is 1. The summed E-state index contributed by atoms with van der Waals surface area (Å²) in [7, 11) is 0. The standard InChI is InChI=1S/C20H17FN4O3/c21-16-5-1-2-6-17(16)25-19-15(4-3-11-23-19)20(27)24-13-7-9-14(10-8-13)28-12-18(22)26/h1-11H,12H2,(H2,22,26)(H,23,25)(H,24,27). The van der Waals surface area contributed by atoms with Gasteiger partial charge in [0.1, 0.15) is 17.4 Å². The van der Waals surface area contributed by atoms with E-state index in [0.29, 0.717) is 11.4 Å². The van der Waals surface area contributed by atoms with Gasteiger partial charge in [-0.25, -0.2) is 9.37 Å². The fourth-order valence-electron chi connectivity index (χ4n) is 2.37. The maximum atomic E-state index is 13.9. The minimum atomic E-state index is -0.580. The maximum Gasteiger partial charge on any atom is 0.259 e. The maximum absolute atomic E-state index is 13.9. The van der Waals surface area contributed by atoms with Gasteiger partial charge in [0.2, 0.25) is 0 Å². The van der Waals surface area contributed by atoms with Gasteiger partial charge in [0.05, 0.1) is 11.3 Å². The fourth-order valence-corrected chi connectivity index (χ4v) is 2.37. The molecule has 0 aliphatic carbocycles. The lowest BCUT2D eigenvalue weighted by molar-refractivity contribution is -0.119. The summed E-state index contributed by atoms with van der Waals surface area (Å²) in [5.74, 6) is -0.778. The number of hydrogen-bond acceptors (Lipinski definition) is 5. The molecule has 142 valence electrons. The second-order valence-corrected chi connectivity index (χ2v) is 5.74. The lowest BCUT2D eigenvalue weighted by atomic mass is 10.2. The number of nitrogens with one attached hydrogen (secondary N) is 2. The van der Waals surface area contributed by atoms with Gasteiger partial charge in [-0.05, 0) is 48.5 Å². The normalized spacial score (nSPS) is 10.2. The van der Waals surface area contributed by atoms with Crippen molar-refractivity contribution in [1.82, 2.24) is 4.98 Å². The van der Waals surface area contributed by atoms with Crippen LogP contribution in [0.5, 0.6) is 5.75 Å². The number of benzene rings is 2. The average Bonchev–Trinajstić information content (AvgIpc) is 2.69. The van der Waals surface area contributed by atoms with Crippen LogP contribution in [0.4, 0.5) is 21.6 Å². The third-order valence-electron chi connectivity index (χ3n) is 3.67. The molecule has 8 heteroatoms. The summed E-state index contributed by atoms with van der Waals surface area (Å²) in [5, 5.41) is 5.56. The summed E-state index contributed by atoms with van der Waals surface area (Å²) in [6, 6.07) is 15.7. The summed E-state index contributed by atoms with van der Waals surface area (Å²) in [6.07, 6.45) is 1.50. The second kappa shape index (κ2) is 8.63. The molecule has 0 saturated heterocycles. The van der Waals surface area contributed by atoms with Crippen LogP contribution in [0.3, 0.4) is 0 Å². The summed E-state index contributed by atoms with van der Waals surface area (Å²) in [6.45, 7) is -0.230. The van der Waals surface area contributed by atoms with Crippen molar-refractivity contribution in [2.24, 2.45) is 5.73 Å². The molecule has 0 radical (unpaired) electrons. The summed E-state index contributed by atoms with van der Waals surface area (Å²) in [4.78, 5) is 27.5. The third kappa shape index (κ3) is 4.82. The van der Waals surface area contributed by atoms with Gasteiger partial charge in [0.15, 0.2) is 6.61 Å². The second-order valence-electron chi connectivity index (χ2n) is 5.74. The van der Waals surface area contributed by atoms with Crippen LogP contribution in [0, 0.1) is 5.82 Å². The number of halogens is 1. The first kappa shape index (κ1) is 18.8. The third-order valence-corrected chi connectivity index (χ3v) is 3.67. The van der Waals surface area contributed by atoms with Gasteiger partial charge >= 0.3 is 0 Å². The first-order valence-corrected chi connectivity index (χ1v) is 8.32. The monoisotopic (exact) mass is 380 g/mol. The Labute approximate surface area is 160 Å². The van der Waals surface area contributed by atoms with Gasteiger partial charge in [-0.15, -0.1) is 0 Å². The predicted octanol–water partition coefficient (Wildman–Crippen LogP) is 3.08. The average molecular weight is 380 g/mol. The molecule has 0 spiro atoms. The van der Waals surface area contributed by atoms with Gasteiger partial charge < -0.3 is 21.1 Å². The SMILES string of the molecule is NC(=O)COc1ccc(NC(=O)c2cccnc2Nc2ccccc2F)cc1. The van der Waals surface area contributed by atoms with Crippen molar-refractivity contribution in [3.8, 4) is 5.75 Å². The molecule has 2 amide bonds. The number of nitrogens with zero attached hydrogens (tertiary/aromatic N) is 1. The van der Waals surface area contributed by atoms with E-state index in [1.807, 2.05) is 0 Å². The molecule has 0 bridgehead atoms. The summed E-state index contributed by atoms with van der Waals surface area (Å²) in [5.41, 5.74) is 6.00. The Balaban J connectivity index is 1.73. The number of pyridine rings is 1. The van der Waals surface area contributed by atoms with Crippen molar-refractivity contribution in [1.29, 1.82) is 0 Å². The van der Waals surface area contributed by atoms with Crippen LogP contribution in [-0.4, -0.2) is 23.4 Å². The van der Waals surface area contributed by atoms with Gasteiger partial charge in [-0.2, -0.15) is 0 Å². The van der Waals surface area contributed by atoms with Crippen molar-refractivity contribution in [3.05, 3.63) is 78.2 Å². The zero-order valence-corrected chi connectivity index (χ0v) is 14.7. The zero-order chi connectivity index (χ0) is 19.9. The van der Waals surface area contributed by atoms with Crippen molar-refractivity contribution in [2.45, 2.75) is 0 Å². The van der Waals surface area contributed by atoms with Gasteiger partial charge in [-0.3, -0.25) is 9.59 Å². The number of para-hydroxylation sites is 1. The molecule has 4 N–H and O–H groups in total. The Morgan fingerprint density at radius 1 is 1.04 bits per heavy atom. The molecule has 0 unspecified atom stereocenters. The molecule has 0 fully saturated rings. The van der Waals surface area contributed by atoms with Crippen LogP contribution in [-0.2, 0) is 4.79 Å².